The van der Waals surface area contributed by atoms with E-state index in [9.17, 15) is 4.79 Å². The molecule has 0 saturated carbocycles. The van der Waals surface area contributed by atoms with Gasteiger partial charge in [0, 0.05) is 18.0 Å². The van der Waals surface area contributed by atoms with Gasteiger partial charge in [-0.1, -0.05) is 42.5 Å². The van der Waals surface area contributed by atoms with Crippen LogP contribution in [0, 0.1) is 0 Å². The number of fused-ring (bicyclic) bond motifs is 1. The van der Waals surface area contributed by atoms with Gasteiger partial charge in [-0.05, 0) is 22.9 Å². The number of nitrogens with one attached hydrogen (secondary N) is 1. The van der Waals surface area contributed by atoms with Crippen LogP contribution >= 0.6 is 11.6 Å². The fraction of sp³-hybridized carbons (Fsp3) is 0.133. The van der Waals surface area contributed by atoms with Crippen LogP contribution in [0.25, 0.3) is 10.8 Å². The fourth-order valence-corrected chi connectivity index (χ4v) is 1.86. The number of benzene rings is 2. The first-order chi connectivity index (χ1) is 8.81. The zero-order valence-corrected chi connectivity index (χ0v) is 10.7. The van der Waals surface area contributed by atoms with E-state index in [4.69, 9.17) is 11.6 Å². The Labute approximate surface area is 111 Å². The second kappa shape index (κ2) is 6.22. The molecule has 1 amide bonds. The topological polar surface area (TPSA) is 29.1 Å². The molecule has 0 spiro atoms. The molecule has 0 aliphatic heterocycles. The van der Waals surface area contributed by atoms with Crippen molar-refractivity contribution >= 4 is 28.3 Å². The molecule has 2 rings (SSSR count). The molecule has 18 heavy (non-hydrogen) atoms. The Morgan fingerprint density at radius 2 is 1.89 bits per heavy atom. The van der Waals surface area contributed by atoms with E-state index in [-0.39, 0.29) is 5.91 Å². The lowest BCUT2D eigenvalue weighted by atomic mass is 10.1. The summed E-state index contributed by atoms with van der Waals surface area (Å²) in [5.41, 5.74) is 0.674. The molecule has 0 radical (unpaired) electrons. The van der Waals surface area contributed by atoms with Gasteiger partial charge in [0.1, 0.15) is 0 Å². The van der Waals surface area contributed by atoms with E-state index in [0.29, 0.717) is 18.0 Å². The van der Waals surface area contributed by atoms with Gasteiger partial charge in [0.15, 0.2) is 0 Å². The number of halogens is 1. The number of hydrogen-bond donors (Lipinski definition) is 1. The van der Waals surface area contributed by atoms with E-state index < -0.39 is 0 Å². The lowest BCUT2D eigenvalue weighted by Gasteiger charge is -2.04. The highest BCUT2D eigenvalue weighted by Crippen LogP contribution is 2.15. The molecule has 0 bridgehead atoms. The molecule has 0 aromatic heterocycles. The minimum Gasteiger partial charge on any atom is -0.349 e. The van der Waals surface area contributed by atoms with Crippen LogP contribution in [0.2, 0.25) is 0 Å². The first-order valence-corrected chi connectivity index (χ1v) is 6.32. The third-order valence-electron chi connectivity index (χ3n) is 2.65. The predicted octanol–water partition coefficient (Wildman–Crippen LogP) is 3.36. The zero-order chi connectivity index (χ0) is 12.8. The minimum atomic E-state index is -0.0695. The van der Waals surface area contributed by atoms with Crippen LogP contribution in [-0.2, 0) is 0 Å². The molecule has 2 nitrogen and oxygen atoms in total. The predicted molar refractivity (Wildman–Crippen MR) is 76.1 cm³/mol. The third-order valence-corrected chi connectivity index (χ3v) is 2.83. The van der Waals surface area contributed by atoms with Crippen LogP contribution in [-0.4, -0.2) is 18.3 Å². The van der Waals surface area contributed by atoms with Crippen LogP contribution in [0.5, 0.6) is 0 Å². The second-order valence-electron chi connectivity index (χ2n) is 3.90. The van der Waals surface area contributed by atoms with Gasteiger partial charge in [0.05, 0.1) is 0 Å². The molecular formula is C15H14ClNO. The molecule has 92 valence electrons. The molecule has 0 heterocycles. The largest absolute Gasteiger partial charge is 0.349 e. The van der Waals surface area contributed by atoms with Gasteiger partial charge in [-0.2, -0.15) is 0 Å². The van der Waals surface area contributed by atoms with Crippen molar-refractivity contribution in [2.75, 3.05) is 12.4 Å². The van der Waals surface area contributed by atoms with E-state index in [1.807, 2.05) is 54.6 Å². The summed E-state index contributed by atoms with van der Waals surface area (Å²) in [6.07, 6.45) is 3.65. The number of hydrogen-bond acceptors (Lipinski definition) is 1. The third kappa shape index (κ3) is 3.11. The Morgan fingerprint density at radius 3 is 2.67 bits per heavy atom. The summed E-state index contributed by atoms with van der Waals surface area (Å²) in [6.45, 7) is 0.498. The Bertz CT molecular complexity index is 577. The molecule has 0 fully saturated rings. The first-order valence-electron chi connectivity index (χ1n) is 5.79. The van der Waals surface area contributed by atoms with Crippen molar-refractivity contribution in [3.8, 4) is 0 Å². The van der Waals surface area contributed by atoms with E-state index in [1.165, 1.54) is 0 Å². The summed E-state index contributed by atoms with van der Waals surface area (Å²) in [7, 11) is 0. The summed E-state index contributed by atoms with van der Waals surface area (Å²) in [4.78, 5) is 11.9. The highest BCUT2D eigenvalue weighted by molar-refractivity contribution is 6.18. The van der Waals surface area contributed by atoms with E-state index in [1.54, 1.807) is 0 Å². The van der Waals surface area contributed by atoms with Crippen LogP contribution in [0.1, 0.15) is 10.4 Å². The Balaban J connectivity index is 2.10. The van der Waals surface area contributed by atoms with Gasteiger partial charge in [-0.3, -0.25) is 4.79 Å². The molecule has 3 heteroatoms. The number of carbonyl (C=O) groups excluding carboxylic acids is 1. The molecule has 0 aliphatic carbocycles. The van der Waals surface area contributed by atoms with Crippen LogP contribution in [0.4, 0.5) is 0 Å². The molecule has 2 aromatic rings. The Hall–Kier alpha value is -1.80. The molecule has 0 saturated heterocycles. The maximum absolute atomic E-state index is 11.9. The Morgan fingerprint density at radius 1 is 1.11 bits per heavy atom. The summed E-state index contributed by atoms with van der Waals surface area (Å²) >= 11 is 5.50. The summed E-state index contributed by atoms with van der Waals surface area (Å²) < 4.78 is 0. The highest BCUT2D eigenvalue weighted by atomic mass is 35.5. The van der Waals surface area contributed by atoms with Crippen LogP contribution in [0.3, 0.4) is 0 Å². The van der Waals surface area contributed by atoms with E-state index >= 15 is 0 Å². The van der Waals surface area contributed by atoms with Gasteiger partial charge in [0.25, 0.3) is 5.91 Å². The number of carbonyl (C=O) groups is 1. The smallest absolute Gasteiger partial charge is 0.251 e. The summed E-state index contributed by atoms with van der Waals surface area (Å²) in [6, 6.07) is 13.7. The van der Waals surface area contributed by atoms with Gasteiger partial charge in [0.2, 0.25) is 0 Å². The fourth-order valence-electron chi connectivity index (χ4n) is 1.73. The van der Waals surface area contributed by atoms with Gasteiger partial charge >= 0.3 is 0 Å². The van der Waals surface area contributed by atoms with Crippen molar-refractivity contribution in [2.24, 2.45) is 0 Å². The summed E-state index contributed by atoms with van der Waals surface area (Å²) in [5.74, 6) is 0.395. The van der Waals surface area contributed by atoms with Crippen molar-refractivity contribution in [3.63, 3.8) is 0 Å². The lowest BCUT2D eigenvalue weighted by molar-refractivity contribution is 0.0958. The van der Waals surface area contributed by atoms with Gasteiger partial charge in [-0.15, -0.1) is 11.6 Å². The second-order valence-corrected chi connectivity index (χ2v) is 4.21. The monoisotopic (exact) mass is 259 g/mol. The van der Waals surface area contributed by atoms with Gasteiger partial charge in [-0.25, -0.2) is 0 Å². The maximum atomic E-state index is 11.9. The molecule has 2 aromatic carbocycles. The zero-order valence-electron chi connectivity index (χ0n) is 9.90. The lowest BCUT2D eigenvalue weighted by Crippen LogP contribution is -2.23. The molecule has 0 aliphatic rings. The number of amides is 1. The Kier molecular flexibility index (Phi) is 4.37. The van der Waals surface area contributed by atoms with Crippen molar-refractivity contribution in [1.82, 2.24) is 5.32 Å². The first kappa shape index (κ1) is 12.7. The van der Waals surface area contributed by atoms with Crippen molar-refractivity contribution < 1.29 is 4.79 Å². The highest BCUT2D eigenvalue weighted by Gasteiger charge is 2.04. The van der Waals surface area contributed by atoms with E-state index in [0.717, 1.165) is 10.8 Å². The van der Waals surface area contributed by atoms with Crippen molar-refractivity contribution in [1.29, 1.82) is 0 Å². The SMILES string of the molecule is O=C(NC/C=C/CCl)c1ccc2ccccc2c1. The average molecular weight is 260 g/mol. The molecule has 0 unspecified atom stereocenters. The molecular weight excluding hydrogens is 246 g/mol. The van der Waals surface area contributed by atoms with Crippen molar-refractivity contribution in [3.05, 3.63) is 60.2 Å². The van der Waals surface area contributed by atoms with Gasteiger partial charge < -0.3 is 5.32 Å². The molecule has 1 N–H and O–H groups in total. The molecule has 0 atom stereocenters. The minimum absolute atomic E-state index is 0.0695. The van der Waals surface area contributed by atoms with Crippen molar-refractivity contribution in [2.45, 2.75) is 0 Å². The maximum Gasteiger partial charge on any atom is 0.251 e. The quantitative estimate of drug-likeness (QED) is 0.662. The van der Waals surface area contributed by atoms with E-state index in [2.05, 4.69) is 5.32 Å². The average Bonchev–Trinajstić information content (AvgIpc) is 2.43. The number of alkyl halides is 1. The normalized spacial score (nSPS) is 10.9. The standard InChI is InChI=1S/C15H14ClNO/c16-9-3-4-10-17-15(18)14-8-7-12-5-1-2-6-13(12)11-14/h1-8,11H,9-10H2,(H,17,18)/b4-3+. The number of rotatable bonds is 4. The summed E-state index contributed by atoms with van der Waals surface area (Å²) in [5, 5.41) is 5.02. The van der Waals surface area contributed by atoms with Crippen LogP contribution in [0.15, 0.2) is 54.6 Å². The number of allylic oxidation sites excluding steroid dienone is 1. The van der Waals surface area contributed by atoms with Crippen LogP contribution < -0.4 is 5.32 Å².